The van der Waals surface area contributed by atoms with Gasteiger partial charge >= 0.3 is 12.1 Å². The molecule has 0 saturated carbocycles. The zero-order valence-electron chi connectivity index (χ0n) is 16.6. The molecule has 1 heterocycles. The summed E-state index contributed by atoms with van der Waals surface area (Å²) >= 11 is 0. The molecule has 4 nitrogen and oxygen atoms in total. The monoisotopic (exact) mass is 438 g/mol. The highest BCUT2D eigenvalue weighted by molar-refractivity contribution is 5.92. The number of carboxylic acids is 1. The smallest absolute Gasteiger partial charge is 0.416 e. The number of carbonyl (C=O) groups is 1. The summed E-state index contributed by atoms with van der Waals surface area (Å²) in [5.74, 6) is -0.170. The van der Waals surface area contributed by atoms with E-state index in [2.05, 4.69) is 0 Å². The maximum atomic E-state index is 12.8. The summed E-state index contributed by atoms with van der Waals surface area (Å²) in [6, 6.07) is 21.9. The molecule has 0 aliphatic carbocycles. The number of aromatic carboxylic acids is 1. The van der Waals surface area contributed by atoms with Crippen LogP contribution in [0.15, 0.2) is 89.3 Å². The molecule has 3 aromatic carbocycles. The SMILES string of the molecule is O=C(O)c1cc(-c2ccc(-c3ccc(C(F)(F)F)cc3)o2)ccc1OCc1ccccc1. The number of ether oxygens (including phenoxy) is 1. The zero-order chi connectivity index (χ0) is 22.7. The number of rotatable bonds is 6. The Balaban J connectivity index is 1.57. The highest BCUT2D eigenvalue weighted by atomic mass is 19.4. The number of hydrogen-bond donors (Lipinski definition) is 1. The minimum atomic E-state index is -4.41. The first-order valence-corrected chi connectivity index (χ1v) is 9.63. The highest BCUT2D eigenvalue weighted by Crippen LogP contribution is 2.34. The zero-order valence-corrected chi connectivity index (χ0v) is 16.6. The first-order valence-electron chi connectivity index (χ1n) is 9.63. The van der Waals surface area contributed by atoms with Crippen molar-refractivity contribution in [2.45, 2.75) is 12.8 Å². The number of furan rings is 1. The summed E-state index contributed by atoms with van der Waals surface area (Å²) in [5, 5.41) is 9.61. The fourth-order valence-electron chi connectivity index (χ4n) is 3.18. The van der Waals surface area contributed by atoms with E-state index in [0.717, 1.165) is 17.7 Å². The summed E-state index contributed by atoms with van der Waals surface area (Å²) in [6.45, 7) is 0.222. The molecule has 4 rings (SSSR count). The Kier molecular flexibility index (Phi) is 5.73. The molecule has 0 saturated heterocycles. The van der Waals surface area contributed by atoms with E-state index >= 15 is 0 Å². The van der Waals surface area contributed by atoms with Crippen LogP contribution >= 0.6 is 0 Å². The van der Waals surface area contributed by atoms with Gasteiger partial charge in [-0.3, -0.25) is 0 Å². The Morgan fingerprint density at radius 3 is 2.09 bits per heavy atom. The van der Waals surface area contributed by atoms with Gasteiger partial charge < -0.3 is 14.3 Å². The molecule has 7 heteroatoms. The number of hydrogen-bond acceptors (Lipinski definition) is 3. The van der Waals surface area contributed by atoms with Crippen LogP contribution in [0.1, 0.15) is 21.5 Å². The molecule has 0 radical (unpaired) electrons. The maximum Gasteiger partial charge on any atom is 0.416 e. The van der Waals surface area contributed by atoms with E-state index in [1.165, 1.54) is 18.2 Å². The van der Waals surface area contributed by atoms with Gasteiger partial charge in [0, 0.05) is 11.1 Å². The molecule has 1 N–H and O–H groups in total. The predicted molar refractivity (Wildman–Crippen MR) is 112 cm³/mol. The minimum Gasteiger partial charge on any atom is -0.488 e. The second-order valence-corrected chi connectivity index (χ2v) is 7.03. The van der Waals surface area contributed by atoms with Gasteiger partial charge in [-0.25, -0.2) is 4.79 Å². The van der Waals surface area contributed by atoms with Crippen molar-refractivity contribution in [3.05, 3.63) is 102 Å². The average molecular weight is 438 g/mol. The quantitative estimate of drug-likeness (QED) is 0.355. The second-order valence-electron chi connectivity index (χ2n) is 7.03. The Labute approximate surface area is 181 Å². The molecular formula is C25H17F3O4. The van der Waals surface area contributed by atoms with Crippen molar-refractivity contribution < 1.29 is 32.2 Å². The number of benzene rings is 3. The molecule has 0 spiro atoms. The third-order valence-corrected chi connectivity index (χ3v) is 4.83. The van der Waals surface area contributed by atoms with Crippen LogP contribution in [0.5, 0.6) is 5.75 Å². The van der Waals surface area contributed by atoms with Crippen molar-refractivity contribution in [1.29, 1.82) is 0 Å². The van der Waals surface area contributed by atoms with Gasteiger partial charge in [-0.15, -0.1) is 0 Å². The molecule has 0 bridgehead atoms. The lowest BCUT2D eigenvalue weighted by atomic mass is 10.1. The molecule has 0 aliphatic rings. The van der Waals surface area contributed by atoms with Crippen LogP contribution < -0.4 is 4.74 Å². The van der Waals surface area contributed by atoms with Gasteiger partial charge in [0.2, 0.25) is 0 Å². The summed E-state index contributed by atoms with van der Waals surface area (Å²) in [4.78, 5) is 11.8. The molecule has 0 fully saturated rings. The van der Waals surface area contributed by atoms with Gasteiger partial charge in [0.25, 0.3) is 0 Å². The van der Waals surface area contributed by atoms with Crippen molar-refractivity contribution in [3.8, 4) is 28.4 Å². The molecule has 0 atom stereocenters. The van der Waals surface area contributed by atoms with Crippen LogP contribution in [0.2, 0.25) is 0 Å². The van der Waals surface area contributed by atoms with E-state index in [1.807, 2.05) is 30.3 Å². The fraction of sp³-hybridized carbons (Fsp3) is 0.0800. The molecule has 4 aromatic rings. The first-order chi connectivity index (χ1) is 15.3. The van der Waals surface area contributed by atoms with Crippen molar-refractivity contribution in [3.63, 3.8) is 0 Å². The summed E-state index contributed by atoms with van der Waals surface area (Å²) < 4.78 is 49.7. The average Bonchev–Trinajstić information content (AvgIpc) is 3.28. The lowest BCUT2D eigenvalue weighted by Crippen LogP contribution is -2.04. The molecule has 0 aliphatic heterocycles. The van der Waals surface area contributed by atoms with Crippen molar-refractivity contribution in [2.75, 3.05) is 0 Å². The first kappa shape index (κ1) is 21.2. The van der Waals surface area contributed by atoms with E-state index in [0.29, 0.717) is 22.6 Å². The number of halogens is 3. The van der Waals surface area contributed by atoms with Crippen LogP contribution in [0, 0.1) is 0 Å². The molecule has 1 aromatic heterocycles. The van der Waals surface area contributed by atoms with Crippen LogP contribution in [0.4, 0.5) is 13.2 Å². The fourth-order valence-corrected chi connectivity index (χ4v) is 3.18. The Morgan fingerprint density at radius 2 is 1.47 bits per heavy atom. The summed E-state index contributed by atoms with van der Waals surface area (Å²) in [5.41, 5.74) is 1.12. The van der Waals surface area contributed by atoms with Gasteiger partial charge in [-0.05, 0) is 48.0 Å². The van der Waals surface area contributed by atoms with Crippen LogP contribution in [0.3, 0.4) is 0 Å². The van der Waals surface area contributed by atoms with Crippen molar-refractivity contribution in [2.24, 2.45) is 0 Å². The van der Waals surface area contributed by atoms with Gasteiger partial charge in [-0.2, -0.15) is 13.2 Å². The minimum absolute atomic E-state index is 0.0223. The molecule has 162 valence electrons. The van der Waals surface area contributed by atoms with E-state index in [-0.39, 0.29) is 17.9 Å². The largest absolute Gasteiger partial charge is 0.488 e. The second kappa shape index (κ2) is 8.63. The van der Waals surface area contributed by atoms with Gasteiger partial charge in [-0.1, -0.05) is 42.5 Å². The normalized spacial score (nSPS) is 11.3. The van der Waals surface area contributed by atoms with Gasteiger partial charge in [0.05, 0.1) is 5.56 Å². The van der Waals surface area contributed by atoms with Gasteiger partial charge in [0.15, 0.2) is 0 Å². The molecule has 0 unspecified atom stereocenters. The van der Waals surface area contributed by atoms with E-state index in [4.69, 9.17) is 9.15 Å². The lowest BCUT2D eigenvalue weighted by Gasteiger charge is -2.10. The Morgan fingerprint density at radius 1 is 0.844 bits per heavy atom. The lowest BCUT2D eigenvalue weighted by molar-refractivity contribution is -0.137. The topological polar surface area (TPSA) is 59.7 Å². The number of carboxylic acid groups (broad SMARTS) is 1. The molecule has 0 amide bonds. The van der Waals surface area contributed by atoms with Crippen LogP contribution in [-0.2, 0) is 12.8 Å². The third-order valence-electron chi connectivity index (χ3n) is 4.83. The van der Waals surface area contributed by atoms with Gasteiger partial charge in [0.1, 0.15) is 29.4 Å². The number of alkyl halides is 3. The van der Waals surface area contributed by atoms with E-state index in [9.17, 15) is 23.1 Å². The summed E-state index contributed by atoms with van der Waals surface area (Å²) in [7, 11) is 0. The predicted octanol–water partition coefficient (Wildman–Crippen LogP) is 6.91. The van der Waals surface area contributed by atoms with E-state index < -0.39 is 17.7 Å². The third kappa shape index (κ3) is 4.67. The van der Waals surface area contributed by atoms with Crippen molar-refractivity contribution in [1.82, 2.24) is 0 Å². The standard InChI is InChI=1S/C25H17F3O4/c26-25(27,28)19-9-6-17(7-10-19)21-12-13-22(32-21)18-8-11-23(20(14-18)24(29)30)31-15-16-4-2-1-3-5-16/h1-14H,15H2,(H,29,30). The molecule has 32 heavy (non-hydrogen) atoms. The Bertz CT molecular complexity index is 1230. The maximum absolute atomic E-state index is 12.8. The van der Waals surface area contributed by atoms with Crippen LogP contribution in [0.25, 0.3) is 22.6 Å². The van der Waals surface area contributed by atoms with E-state index in [1.54, 1.807) is 24.3 Å². The molecular weight excluding hydrogens is 421 g/mol. The summed E-state index contributed by atoms with van der Waals surface area (Å²) in [6.07, 6.45) is -4.41. The van der Waals surface area contributed by atoms with Crippen molar-refractivity contribution >= 4 is 5.97 Å². The van der Waals surface area contributed by atoms with Crippen LogP contribution in [-0.4, -0.2) is 11.1 Å². The highest BCUT2D eigenvalue weighted by Gasteiger charge is 2.30. The Hall–Kier alpha value is -4.00.